The van der Waals surface area contributed by atoms with E-state index in [4.69, 9.17) is 22.1 Å². The summed E-state index contributed by atoms with van der Waals surface area (Å²) < 4.78 is 9.01. The summed E-state index contributed by atoms with van der Waals surface area (Å²) in [7, 11) is 1.58. The van der Waals surface area contributed by atoms with E-state index in [2.05, 4.69) is 10.1 Å². The predicted octanol–water partition coefficient (Wildman–Crippen LogP) is 2.79. The summed E-state index contributed by atoms with van der Waals surface area (Å²) in [5.74, 6) is 1.01. The zero-order chi connectivity index (χ0) is 15.1. The van der Waals surface area contributed by atoms with Gasteiger partial charge in [0.2, 0.25) is 5.95 Å². The van der Waals surface area contributed by atoms with Crippen LogP contribution >= 0.6 is 11.6 Å². The maximum absolute atomic E-state index is 6.09. The van der Waals surface area contributed by atoms with Gasteiger partial charge in [0, 0.05) is 12.6 Å². The average molecular weight is 306 g/mol. The molecule has 110 valence electrons. The van der Waals surface area contributed by atoms with E-state index in [9.17, 15) is 0 Å². The van der Waals surface area contributed by atoms with Crippen LogP contribution in [0.1, 0.15) is 12.6 Å². The number of ether oxygens (including phenoxy) is 1. The van der Waals surface area contributed by atoms with Crippen LogP contribution in [-0.2, 0) is 6.54 Å². The fraction of sp³-hybridized carbons (Fsp3) is 0.286. The van der Waals surface area contributed by atoms with E-state index in [-0.39, 0.29) is 0 Å². The number of aromatic nitrogens is 4. The van der Waals surface area contributed by atoms with Gasteiger partial charge in [-0.2, -0.15) is 5.10 Å². The molecule has 1 aromatic carbocycles. The van der Waals surface area contributed by atoms with E-state index in [1.165, 1.54) is 0 Å². The Morgan fingerprint density at radius 3 is 2.81 bits per heavy atom. The number of nitrogens with two attached hydrogens (primary N) is 1. The van der Waals surface area contributed by atoms with Gasteiger partial charge >= 0.3 is 0 Å². The van der Waals surface area contributed by atoms with Crippen molar-refractivity contribution in [3.63, 3.8) is 0 Å². The highest BCUT2D eigenvalue weighted by atomic mass is 35.5. The SMILES string of the molecule is CCn1nc(C)c2nc(N)n(-c3ccc(Cl)c(OC)c3)c21. The zero-order valence-electron chi connectivity index (χ0n) is 12.1. The Kier molecular flexibility index (Phi) is 3.25. The molecule has 0 aliphatic rings. The first-order valence-corrected chi connectivity index (χ1v) is 6.99. The fourth-order valence-corrected chi connectivity index (χ4v) is 2.64. The second kappa shape index (κ2) is 4.96. The van der Waals surface area contributed by atoms with Crippen molar-refractivity contribution in [2.75, 3.05) is 12.8 Å². The van der Waals surface area contributed by atoms with Crippen molar-refractivity contribution < 1.29 is 4.74 Å². The Labute approximate surface area is 127 Å². The number of hydrogen-bond donors (Lipinski definition) is 1. The lowest BCUT2D eigenvalue weighted by atomic mass is 10.3. The minimum absolute atomic E-state index is 0.414. The highest BCUT2D eigenvalue weighted by molar-refractivity contribution is 6.32. The lowest BCUT2D eigenvalue weighted by Crippen LogP contribution is -2.06. The van der Waals surface area contributed by atoms with Gasteiger partial charge in [0.1, 0.15) is 11.3 Å². The molecule has 21 heavy (non-hydrogen) atoms. The largest absolute Gasteiger partial charge is 0.495 e. The molecule has 0 spiro atoms. The third-order valence-corrected chi connectivity index (χ3v) is 3.74. The van der Waals surface area contributed by atoms with Crippen molar-refractivity contribution in [3.05, 3.63) is 28.9 Å². The molecule has 0 aliphatic heterocycles. The molecule has 2 N–H and O–H groups in total. The monoisotopic (exact) mass is 305 g/mol. The first-order chi connectivity index (χ1) is 10.1. The minimum Gasteiger partial charge on any atom is -0.495 e. The van der Waals surface area contributed by atoms with Crippen molar-refractivity contribution in [1.82, 2.24) is 19.3 Å². The van der Waals surface area contributed by atoms with Crippen LogP contribution in [0.5, 0.6) is 5.75 Å². The van der Waals surface area contributed by atoms with Crippen LogP contribution in [0, 0.1) is 6.92 Å². The number of benzene rings is 1. The molecule has 6 nitrogen and oxygen atoms in total. The van der Waals surface area contributed by atoms with Crippen LogP contribution in [0.4, 0.5) is 5.95 Å². The molecule has 0 unspecified atom stereocenters. The highest BCUT2D eigenvalue weighted by Crippen LogP contribution is 2.30. The third-order valence-electron chi connectivity index (χ3n) is 3.43. The Morgan fingerprint density at radius 2 is 2.14 bits per heavy atom. The van der Waals surface area contributed by atoms with Gasteiger partial charge in [-0.05, 0) is 26.0 Å². The van der Waals surface area contributed by atoms with Crippen LogP contribution in [0.2, 0.25) is 5.02 Å². The number of anilines is 1. The number of rotatable bonds is 3. The maximum Gasteiger partial charge on any atom is 0.207 e. The number of nitrogen functional groups attached to an aromatic ring is 1. The van der Waals surface area contributed by atoms with Gasteiger partial charge in [-0.3, -0.25) is 4.57 Å². The average Bonchev–Trinajstić information content (AvgIpc) is 2.96. The number of fused-ring (bicyclic) bond motifs is 1. The summed E-state index contributed by atoms with van der Waals surface area (Å²) in [6.45, 7) is 4.69. The second-order valence-electron chi connectivity index (χ2n) is 4.70. The van der Waals surface area contributed by atoms with Gasteiger partial charge < -0.3 is 10.5 Å². The summed E-state index contributed by atoms with van der Waals surface area (Å²) in [6.07, 6.45) is 0. The summed E-state index contributed by atoms with van der Waals surface area (Å²) in [4.78, 5) is 4.42. The zero-order valence-corrected chi connectivity index (χ0v) is 12.8. The van der Waals surface area contributed by atoms with Crippen molar-refractivity contribution in [3.8, 4) is 11.4 Å². The molecule has 0 saturated heterocycles. The van der Waals surface area contributed by atoms with Gasteiger partial charge in [-0.1, -0.05) is 11.6 Å². The number of aryl methyl sites for hydroxylation is 2. The molecule has 0 amide bonds. The lowest BCUT2D eigenvalue weighted by Gasteiger charge is -2.10. The second-order valence-corrected chi connectivity index (χ2v) is 5.10. The van der Waals surface area contributed by atoms with Crippen LogP contribution in [0.25, 0.3) is 16.9 Å². The topological polar surface area (TPSA) is 70.9 Å². The van der Waals surface area contributed by atoms with Gasteiger partial charge in [0.25, 0.3) is 0 Å². The number of methoxy groups -OCH3 is 1. The molecule has 2 heterocycles. The lowest BCUT2D eigenvalue weighted by molar-refractivity contribution is 0.415. The number of halogens is 1. The summed E-state index contributed by atoms with van der Waals surface area (Å²) in [5, 5.41) is 5.03. The normalized spacial score (nSPS) is 11.2. The van der Waals surface area contributed by atoms with Crippen LogP contribution in [0.15, 0.2) is 18.2 Å². The predicted molar refractivity (Wildman–Crippen MR) is 83.2 cm³/mol. The molecule has 0 bridgehead atoms. The first-order valence-electron chi connectivity index (χ1n) is 6.62. The van der Waals surface area contributed by atoms with Gasteiger partial charge in [0.05, 0.1) is 23.5 Å². The Bertz CT molecular complexity index is 820. The van der Waals surface area contributed by atoms with Gasteiger partial charge in [0.15, 0.2) is 5.65 Å². The molecular formula is C14H16ClN5O. The Morgan fingerprint density at radius 1 is 1.38 bits per heavy atom. The van der Waals surface area contributed by atoms with Gasteiger partial charge in [-0.15, -0.1) is 0 Å². The summed E-state index contributed by atoms with van der Waals surface area (Å²) in [5.41, 5.74) is 9.47. The fourth-order valence-electron chi connectivity index (χ4n) is 2.45. The molecule has 3 aromatic rings. The Balaban J connectivity index is 2.31. The molecule has 3 rings (SSSR count). The summed E-state index contributed by atoms with van der Waals surface area (Å²) >= 11 is 6.08. The van der Waals surface area contributed by atoms with Crippen molar-refractivity contribution in [2.24, 2.45) is 0 Å². The number of imidazole rings is 1. The van der Waals surface area contributed by atoms with Crippen molar-refractivity contribution in [1.29, 1.82) is 0 Å². The van der Waals surface area contributed by atoms with Crippen molar-refractivity contribution in [2.45, 2.75) is 20.4 Å². The van der Waals surface area contributed by atoms with Crippen LogP contribution in [-0.4, -0.2) is 26.4 Å². The molecule has 0 atom stereocenters. The van der Waals surface area contributed by atoms with Crippen LogP contribution in [0.3, 0.4) is 0 Å². The standard InChI is InChI=1S/C14H16ClN5O/c1-4-19-13-12(8(2)18-19)17-14(16)20(13)9-5-6-10(15)11(7-9)21-3/h5-7H,4H2,1-3H3,(H2,16,17). The van der Waals surface area contributed by atoms with E-state index in [1.807, 2.05) is 35.2 Å². The smallest absolute Gasteiger partial charge is 0.207 e. The molecule has 0 saturated carbocycles. The summed E-state index contributed by atoms with van der Waals surface area (Å²) in [6, 6.07) is 5.49. The Hall–Kier alpha value is -2.21. The van der Waals surface area contributed by atoms with E-state index >= 15 is 0 Å². The molecule has 0 fully saturated rings. The molecule has 0 aliphatic carbocycles. The van der Waals surface area contributed by atoms with E-state index in [1.54, 1.807) is 13.2 Å². The third kappa shape index (κ3) is 2.03. The van der Waals surface area contributed by atoms with E-state index in [0.717, 1.165) is 29.1 Å². The molecule has 0 radical (unpaired) electrons. The maximum atomic E-state index is 6.09. The molecule has 7 heteroatoms. The van der Waals surface area contributed by atoms with E-state index in [0.29, 0.717) is 16.7 Å². The van der Waals surface area contributed by atoms with Gasteiger partial charge in [-0.25, -0.2) is 9.67 Å². The minimum atomic E-state index is 0.414. The first kappa shape index (κ1) is 13.8. The number of nitrogens with zero attached hydrogens (tertiary/aromatic N) is 4. The quantitative estimate of drug-likeness (QED) is 0.807. The van der Waals surface area contributed by atoms with Crippen molar-refractivity contribution >= 4 is 28.7 Å². The van der Waals surface area contributed by atoms with Crippen LogP contribution < -0.4 is 10.5 Å². The number of hydrogen-bond acceptors (Lipinski definition) is 4. The molecular weight excluding hydrogens is 290 g/mol. The van der Waals surface area contributed by atoms with E-state index < -0.39 is 0 Å². The highest BCUT2D eigenvalue weighted by Gasteiger charge is 2.18. The molecule has 2 aromatic heterocycles.